The highest BCUT2D eigenvalue weighted by atomic mass is 35.5. The number of benzene rings is 1. The van der Waals surface area contributed by atoms with Crippen molar-refractivity contribution in [2.45, 2.75) is 12.5 Å². The second-order valence-electron chi connectivity index (χ2n) is 5.36. The van der Waals surface area contributed by atoms with Gasteiger partial charge in [-0.05, 0) is 24.1 Å². The van der Waals surface area contributed by atoms with Crippen molar-refractivity contribution in [2.75, 3.05) is 39.0 Å². The van der Waals surface area contributed by atoms with Gasteiger partial charge < -0.3 is 10.0 Å². The summed E-state index contributed by atoms with van der Waals surface area (Å²) in [6, 6.07) is 7.24. The fourth-order valence-corrected chi connectivity index (χ4v) is 3.50. The van der Waals surface area contributed by atoms with Gasteiger partial charge in [-0.3, -0.25) is 0 Å². The molecule has 1 fully saturated rings. The van der Waals surface area contributed by atoms with Crippen LogP contribution >= 0.6 is 11.6 Å². The van der Waals surface area contributed by atoms with Crippen LogP contribution in [0, 0.1) is 0 Å². The summed E-state index contributed by atoms with van der Waals surface area (Å²) in [6.07, 6.45) is 1.31. The first-order valence-electron chi connectivity index (χ1n) is 6.97. The number of rotatable bonds is 5. The van der Waals surface area contributed by atoms with Crippen molar-refractivity contribution < 1.29 is 13.5 Å². The van der Waals surface area contributed by atoms with Crippen LogP contribution in [0.1, 0.15) is 18.1 Å². The number of sulfonamides is 1. The van der Waals surface area contributed by atoms with Crippen LogP contribution in [0.25, 0.3) is 0 Å². The Hall–Kier alpha value is -0.660. The van der Waals surface area contributed by atoms with Gasteiger partial charge in [0.2, 0.25) is 10.0 Å². The minimum Gasteiger partial charge on any atom is -0.388 e. The molecule has 1 aromatic rings. The first kappa shape index (κ1) is 16.7. The third-order valence-corrected chi connectivity index (χ3v) is 5.29. The van der Waals surface area contributed by atoms with Crippen molar-refractivity contribution in [1.29, 1.82) is 0 Å². The quantitative estimate of drug-likeness (QED) is 0.884. The van der Waals surface area contributed by atoms with E-state index in [0.29, 0.717) is 37.6 Å². The molecule has 0 aliphatic carbocycles. The molecule has 0 bridgehead atoms. The number of piperazine rings is 1. The molecule has 5 nitrogen and oxygen atoms in total. The number of halogens is 1. The molecule has 0 spiro atoms. The first-order chi connectivity index (χ1) is 9.86. The molecule has 0 saturated carbocycles. The minimum atomic E-state index is -3.09. The fraction of sp³-hybridized carbons (Fsp3) is 0.571. The highest BCUT2D eigenvalue weighted by Crippen LogP contribution is 2.21. The molecular formula is C14H21ClN2O3S. The molecule has 1 aliphatic rings. The van der Waals surface area contributed by atoms with E-state index in [1.165, 1.54) is 10.6 Å². The average molecular weight is 333 g/mol. The van der Waals surface area contributed by atoms with Crippen molar-refractivity contribution in [3.63, 3.8) is 0 Å². The maximum absolute atomic E-state index is 11.4. The van der Waals surface area contributed by atoms with Gasteiger partial charge in [-0.15, -0.1) is 0 Å². The molecule has 1 aromatic carbocycles. The molecule has 2 rings (SSSR count). The Morgan fingerprint density at radius 2 is 1.95 bits per heavy atom. The Morgan fingerprint density at radius 3 is 2.52 bits per heavy atom. The molecule has 1 heterocycles. The van der Waals surface area contributed by atoms with Gasteiger partial charge >= 0.3 is 0 Å². The van der Waals surface area contributed by atoms with Crippen LogP contribution in [0.5, 0.6) is 0 Å². The molecule has 1 unspecified atom stereocenters. The lowest BCUT2D eigenvalue weighted by Gasteiger charge is -2.33. The van der Waals surface area contributed by atoms with Gasteiger partial charge in [-0.2, -0.15) is 4.31 Å². The zero-order chi connectivity index (χ0) is 15.5. The van der Waals surface area contributed by atoms with Crippen molar-refractivity contribution in [1.82, 2.24) is 9.21 Å². The maximum Gasteiger partial charge on any atom is 0.211 e. The number of nitrogens with zero attached hydrogens (tertiary/aromatic N) is 2. The molecule has 118 valence electrons. The summed E-state index contributed by atoms with van der Waals surface area (Å²) >= 11 is 5.91. The Labute approximate surface area is 131 Å². The number of aliphatic hydroxyl groups excluding tert-OH is 1. The number of aliphatic hydroxyl groups is 1. The highest BCUT2D eigenvalue weighted by molar-refractivity contribution is 7.88. The molecule has 0 aromatic heterocycles. The van der Waals surface area contributed by atoms with Crippen molar-refractivity contribution in [3.05, 3.63) is 34.9 Å². The summed E-state index contributed by atoms with van der Waals surface area (Å²) in [7, 11) is -3.09. The summed E-state index contributed by atoms with van der Waals surface area (Å²) in [5.74, 6) is 0. The summed E-state index contributed by atoms with van der Waals surface area (Å²) < 4.78 is 24.4. The lowest BCUT2D eigenvalue weighted by Crippen LogP contribution is -2.48. The topological polar surface area (TPSA) is 60.9 Å². The standard InChI is InChI=1S/C14H21ClN2O3S/c1-21(19,20)17-9-7-16(8-10-17)6-5-14(18)12-3-2-4-13(15)11-12/h2-4,11,14,18H,5-10H2,1H3. The van der Waals surface area contributed by atoms with Crippen LogP contribution in [-0.2, 0) is 10.0 Å². The van der Waals surface area contributed by atoms with E-state index in [9.17, 15) is 13.5 Å². The van der Waals surface area contributed by atoms with E-state index in [1.807, 2.05) is 12.1 Å². The molecule has 7 heteroatoms. The predicted molar refractivity (Wildman–Crippen MR) is 83.9 cm³/mol. The van der Waals surface area contributed by atoms with E-state index in [1.54, 1.807) is 12.1 Å². The van der Waals surface area contributed by atoms with Crippen LogP contribution in [-0.4, -0.2) is 61.7 Å². The molecule has 21 heavy (non-hydrogen) atoms. The van der Waals surface area contributed by atoms with E-state index < -0.39 is 16.1 Å². The van der Waals surface area contributed by atoms with Crippen LogP contribution in [0.2, 0.25) is 5.02 Å². The van der Waals surface area contributed by atoms with Gasteiger partial charge in [-0.25, -0.2) is 8.42 Å². The summed E-state index contributed by atoms with van der Waals surface area (Å²) in [4.78, 5) is 2.18. The molecular weight excluding hydrogens is 312 g/mol. The molecule has 1 saturated heterocycles. The second kappa shape index (κ2) is 7.07. The summed E-state index contributed by atoms with van der Waals surface area (Å²) in [5, 5.41) is 10.8. The average Bonchev–Trinajstić information content (AvgIpc) is 2.44. The maximum atomic E-state index is 11.4. The van der Waals surface area contributed by atoms with E-state index >= 15 is 0 Å². The van der Waals surface area contributed by atoms with E-state index in [2.05, 4.69) is 4.90 Å². The SMILES string of the molecule is CS(=O)(=O)N1CCN(CCC(O)c2cccc(Cl)c2)CC1. The largest absolute Gasteiger partial charge is 0.388 e. The van der Waals surface area contributed by atoms with Gasteiger partial charge in [-0.1, -0.05) is 23.7 Å². The monoisotopic (exact) mass is 332 g/mol. The zero-order valence-electron chi connectivity index (χ0n) is 12.1. The third-order valence-electron chi connectivity index (χ3n) is 3.75. The lowest BCUT2D eigenvalue weighted by molar-refractivity contribution is 0.125. The first-order valence-corrected chi connectivity index (χ1v) is 9.20. The normalized spacial score (nSPS) is 19.6. The van der Waals surface area contributed by atoms with Crippen LogP contribution in [0.4, 0.5) is 0 Å². The van der Waals surface area contributed by atoms with E-state index in [4.69, 9.17) is 11.6 Å². The van der Waals surface area contributed by atoms with Crippen LogP contribution < -0.4 is 0 Å². The number of hydrogen-bond donors (Lipinski definition) is 1. The molecule has 0 amide bonds. The van der Waals surface area contributed by atoms with Gasteiger partial charge in [0.15, 0.2) is 0 Å². The van der Waals surface area contributed by atoms with Gasteiger partial charge in [0.1, 0.15) is 0 Å². The third kappa shape index (κ3) is 4.93. The lowest BCUT2D eigenvalue weighted by atomic mass is 10.1. The van der Waals surface area contributed by atoms with Crippen molar-refractivity contribution in [2.24, 2.45) is 0 Å². The van der Waals surface area contributed by atoms with Crippen molar-refractivity contribution >= 4 is 21.6 Å². The summed E-state index contributed by atoms with van der Waals surface area (Å²) in [5.41, 5.74) is 0.817. The van der Waals surface area contributed by atoms with Gasteiger partial charge in [0, 0.05) is 37.7 Å². The smallest absolute Gasteiger partial charge is 0.211 e. The number of hydrogen-bond acceptors (Lipinski definition) is 4. The van der Waals surface area contributed by atoms with Gasteiger partial charge in [0.25, 0.3) is 0 Å². The Bertz CT molecular complexity index is 571. The Morgan fingerprint density at radius 1 is 1.29 bits per heavy atom. The molecule has 1 atom stereocenters. The van der Waals surface area contributed by atoms with Gasteiger partial charge in [0.05, 0.1) is 12.4 Å². The van der Waals surface area contributed by atoms with E-state index in [0.717, 1.165) is 12.1 Å². The fourth-order valence-electron chi connectivity index (χ4n) is 2.47. The van der Waals surface area contributed by atoms with Crippen LogP contribution in [0.15, 0.2) is 24.3 Å². The van der Waals surface area contributed by atoms with Crippen LogP contribution in [0.3, 0.4) is 0 Å². The predicted octanol–water partition coefficient (Wildman–Crippen LogP) is 1.34. The summed E-state index contributed by atoms with van der Waals surface area (Å²) in [6.45, 7) is 3.19. The van der Waals surface area contributed by atoms with E-state index in [-0.39, 0.29) is 0 Å². The van der Waals surface area contributed by atoms with Crippen molar-refractivity contribution in [3.8, 4) is 0 Å². The minimum absolute atomic E-state index is 0.520. The molecule has 0 radical (unpaired) electrons. The Kier molecular flexibility index (Phi) is 5.62. The second-order valence-corrected chi connectivity index (χ2v) is 7.78. The zero-order valence-corrected chi connectivity index (χ0v) is 13.6. The Balaban J connectivity index is 1.80. The molecule has 1 aliphatic heterocycles. The molecule has 1 N–H and O–H groups in total. The highest BCUT2D eigenvalue weighted by Gasteiger charge is 2.23.